The predicted octanol–water partition coefficient (Wildman–Crippen LogP) is 2.23. The Labute approximate surface area is 126 Å². The number of hydrogen-bond acceptors (Lipinski definition) is 4. The van der Waals surface area contributed by atoms with Gasteiger partial charge in [-0.25, -0.2) is 0 Å². The molecule has 1 rings (SSSR count). The van der Waals surface area contributed by atoms with E-state index in [1.54, 1.807) is 12.1 Å². The molecule has 0 saturated heterocycles. The van der Waals surface area contributed by atoms with Gasteiger partial charge in [0.05, 0.1) is 13.7 Å². The smallest absolute Gasteiger partial charge is 0.290 e. The maximum atomic E-state index is 11.0. The second-order valence-electron chi connectivity index (χ2n) is 3.19. The zero-order valence-corrected chi connectivity index (χ0v) is 13.4. The summed E-state index contributed by atoms with van der Waals surface area (Å²) in [4.78, 5) is 21.6. The van der Waals surface area contributed by atoms with Crippen molar-refractivity contribution in [3.05, 3.63) is 34.0 Å². The van der Waals surface area contributed by atoms with Crippen LogP contribution in [-0.2, 0) is 29.6 Å². The second kappa shape index (κ2) is 8.37. The Balaban J connectivity index is 0.00000289. The molecular formula is C11H11BrIrNO4-. The maximum absolute atomic E-state index is 11.0. The molecule has 1 unspecified atom stereocenters. The molecule has 0 bridgehead atoms. The summed E-state index contributed by atoms with van der Waals surface area (Å²) < 4.78 is 10.3. The molecule has 1 N–H and O–H groups in total. The zero-order chi connectivity index (χ0) is 12.8. The summed E-state index contributed by atoms with van der Waals surface area (Å²) >= 11 is 3.21. The van der Waals surface area contributed by atoms with Gasteiger partial charge in [-0.2, -0.15) is 0 Å². The van der Waals surface area contributed by atoms with E-state index in [-0.39, 0.29) is 26.7 Å². The first-order valence-corrected chi connectivity index (χ1v) is 5.54. The Kier molecular flexibility index (Phi) is 8.02. The molecular weight excluding hydrogens is 482 g/mol. The number of nitrogens with one attached hydrogen (secondary N) is 1. The summed E-state index contributed by atoms with van der Waals surface area (Å²) in [7, 11) is 1.22. The van der Waals surface area contributed by atoms with Crippen LogP contribution in [0.2, 0.25) is 0 Å². The van der Waals surface area contributed by atoms with E-state index in [4.69, 9.17) is 10.5 Å². The Hall–Kier alpha value is -0.751. The SMILES string of the molecule is COC(=O)C([NH-])COc1ccc(Br)c(C=O)c1.[Ir]. The van der Waals surface area contributed by atoms with Gasteiger partial charge in [0.2, 0.25) is 0 Å². The van der Waals surface area contributed by atoms with Gasteiger partial charge in [0.15, 0.2) is 6.29 Å². The van der Waals surface area contributed by atoms with E-state index in [1.807, 2.05) is 0 Å². The summed E-state index contributed by atoms with van der Waals surface area (Å²) in [5, 5.41) is 0. The monoisotopic (exact) mass is 493 g/mol. The van der Waals surface area contributed by atoms with Crippen molar-refractivity contribution < 1.29 is 39.2 Å². The van der Waals surface area contributed by atoms with Gasteiger partial charge in [0, 0.05) is 30.1 Å². The molecule has 1 aromatic carbocycles. The average molecular weight is 493 g/mol. The van der Waals surface area contributed by atoms with Gasteiger partial charge in [-0.15, -0.1) is 0 Å². The quantitative estimate of drug-likeness (QED) is 0.466. The Morgan fingerprint density at radius 1 is 1.56 bits per heavy atom. The van der Waals surface area contributed by atoms with Crippen molar-refractivity contribution in [1.29, 1.82) is 0 Å². The molecule has 7 heteroatoms. The zero-order valence-electron chi connectivity index (χ0n) is 9.44. The van der Waals surface area contributed by atoms with Crippen LogP contribution in [0.5, 0.6) is 5.75 Å². The normalized spacial score (nSPS) is 11.1. The van der Waals surface area contributed by atoms with Crippen molar-refractivity contribution in [2.75, 3.05) is 13.7 Å². The van der Waals surface area contributed by atoms with E-state index in [0.29, 0.717) is 22.1 Å². The van der Waals surface area contributed by atoms with Crippen LogP contribution in [0.4, 0.5) is 0 Å². The van der Waals surface area contributed by atoms with Gasteiger partial charge in [-0.3, -0.25) is 9.59 Å². The van der Waals surface area contributed by atoms with Crippen LogP contribution in [0, 0.1) is 0 Å². The van der Waals surface area contributed by atoms with Crippen LogP contribution in [0.1, 0.15) is 10.4 Å². The largest absolute Gasteiger partial charge is 0.663 e. The van der Waals surface area contributed by atoms with Crippen LogP contribution < -0.4 is 4.74 Å². The Bertz CT molecular complexity index is 428. The number of carbonyl (C=O) groups is 2. The molecule has 5 nitrogen and oxygen atoms in total. The molecule has 0 aliphatic carbocycles. The number of carbonyl (C=O) groups excluding carboxylic acids is 2. The van der Waals surface area contributed by atoms with E-state index in [9.17, 15) is 9.59 Å². The van der Waals surface area contributed by atoms with E-state index >= 15 is 0 Å². The average Bonchev–Trinajstić information content (AvgIpc) is 2.36. The fourth-order valence-corrected chi connectivity index (χ4v) is 1.43. The van der Waals surface area contributed by atoms with Crippen LogP contribution in [0.25, 0.3) is 5.73 Å². The van der Waals surface area contributed by atoms with E-state index < -0.39 is 12.0 Å². The van der Waals surface area contributed by atoms with Gasteiger partial charge in [0.1, 0.15) is 5.75 Å². The summed E-state index contributed by atoms with van der Waals surface area (Å²) in [6, 6.07) is 3.74. The summed E-state index contributed by atoms with van der Waals surface area (Å²) in [6.07, 6.45) is 0.690. The first-order valence-electron chi connectivity index (χ1n) is 4.75. The molecule has 0 heterocycles. The van der Waals surface area contributed by atoms with Crippen molar-refractivity contribution in [2.45, 2.75) is 6.04 Å². The number of halogens is 1. The minimum atomic E-state index is -1.09. The first-order chi connectivity index (χ1) is 8.08. The third kappa shape index (κ3) is 4.86. The van der Waals surface area contributed by atoms with Gasteiger partial charge in [0.25, 0.3) is 5.97 Å². The standard InChI is InChI=1S/C11H11BrNO4.Ir/c1-16-11(15)10(13)6-17-8-2-3-9(12)7(4-8)5-14;/h2-5,10,13H,6H2,1H3;/q-1;. The van der Waals surface area contributed by atoms with Crippen molar-refractivity contribution in [2.24, 2.45) is 0 Å². The third-order valence-electron chi connectivity index (χ3n) is 2.00. The number of esters is 1. The number of benzene rings is 1. The fourth-order valence-electron chi connectivity index (χ4n) is 1.09. The molecule has 0 spiro atoms. The van der Waals surface area contributed by atoms with E-state index in [1.165, 1.54) is 13.2 Å². The predicted molar refractivity (Wildman–Crippen MR) is 65.2 cm³/mol. The van der Waals surface area contributed by atoms with Gasteiger partial charge >= 0.3 is 0 Å². The molecule has 1 atom stereocenters. The summed E-state index contributed by atoms with van der Waals surface area (Å²) in [5.41, 5.74) is 7.84. The number of methoxy groups -OCH3 is 1. The fraction of sp³-hybridized carbons (Fsp3) is 0.273. The van der Waals surface area contributed by atoms with Crippen LogP contribution in [-0.4, -0.2) is 32.0 Å². The van der Waals surface area contributed by atoms with Crippen LogP contribution >= 0.6 is 15.9 Å². The number of ether oxygens (including phenoxy) is 2. The minimum Gasteiger partial charge on any atom is -0.663 e. The van der Waals surface area contributed by atoms with E-state index in [0.717, 1.165) is 0 Å². The third-order valence-corrected chi connectivity index (χ3v) is 2.72. The molecule has 0 aromatic heterocycles. The van der Waals surface area contributed by atoms with Gasteiger partial charge < -0.3 is 15.2 Å². The van der Waals surface area contributed by atoms with Crippen molar-refractivity contribution in [3.63, 3.8) is 0 Å². The van der Waals surface area contributed by atoms with Crippen LogP contribution in [0.3, 0.4) is 0 Å². The molecule has 0 fully saturated rings. The molecule has 1 radical (unpaired) electrons. The molecule has 0 aliphatic heterocycles. The Morgan fingerprint density at radius 2 is 2.22 bits per heavy atom. The molecule has 0 saturated carbocycles. The van der Waals surface area contributed by atoms with E-state index in [2.05, 4.69) is 20.7 Å². The van der Waals surface area contributed by atoms with Crippen molar-refractivity contribution >= 4 is 28.2 Å². The topological polar surface area (TPSA) is 76.4 Å². The maximum Gasteiger partial charge on any atom is 0.290 e. The summed E-state index contributed by atoms with van der Waals surface area (Å²) in [5.74, 6) is -0.228. The van der Waals surface area contributed by atoms with Gasteiger partial charge in [-0.05, 0) is 24.2 Å². The van der Waals surface area contributed by atoms with Gasteiger partial charge in [-0.1, -0.05) is 15.9 Å². The number of hydrogen-bond donors (Lipinski definition) is 0. The second-order valence-corrected chi connectivity index (χ2v) is 4.04. The number of aldehydes is 1. The molecule has 0 amide bonds. The summed E-state index contributed by atoms with van der Waals surface area (Å²) in [6.45, 7) is -0.118. The van der Waals surface area contributed by atoms with Crippen molar-refractivity contribution in [1.82, 2.24) is 0 Å². The van der Waals surface area contributed by atoms with Crippen LogP contribution in [0.15, 0.2) is 22.7 Å². The molecule has 0 aliphatic rings. The van der Waals surface area contributed by atoms with Crippen molar-refractivity contribution in [3.8, 4) is 5.75 Å². The Morgan fingerprint density at radius 3 is 2.78 bits per heavy atom. The minimum absolute atomic E-state index is 0. The molecule has 1 aromatic rings. The number of rotatable bonds is 5. The molecule has 18 heavy (non-hydrogen) atoms. The molecule has 101 valence electrons. The first kappa shape index (κ1) is 17.2.